The van der Waals surface area contributed by atoms with Crippen LogP contribution in [0.4, 0.5) is 11.4 Å². The number of nitro groups is 1. The molecule has 1 fully saturated rings. The highest BCUT2D eigenvalue weighted by atomic mass is 32.1. The summed E-state index contributed by atoms with van der Waals surface area (Å²) in [5, 5.41) is 12.8. The van der Waals surface area contributed by atoms with E-state index in [2.05, 4.69) is 9.88 Å². The van der Waals surface area contributed by atoms with Gasteiger partial charge in [-0.05, 0) is 61.2 Å². The van der Waals surface area contributed by atoms with Gasteiger partial charge in [-0.25, -0.2) is 9.97 Å². The van der Waals surface area contributed by atoms with Gasteiger partial charge in [-0.15, -0.1) is 11.3 Å². The molecule has 3 aromatic carbocycles. The van der Waals surface area contributed by atoms with E-state index in [1.54, 1.807) is 17.4 Å². The van der Waals surface area contributed by atoms with E-state index in [9.17, 15) is 10.1 Å². The summed E-state index contributed by atoms with van der Waals surface area (Å²) < 4.78 is 1.08. The van der Waals surface area contributed by atoms with Crippen LogP contribution in [0.5, 0.6) is 0 Å². The number of aromatic amines is 1. The molecule has 0 amide bonds. The van der Waals surface area contributed by atoms with Crippen molar-refractivity contribution in [3.05, 3.63) is 93.2 Å². The Bertz CT molecular complexity index is 1440. The topological polar surface area (TPSA) is 87.9 Å². The molecule has 6 rings (SSSR count). The van der Waals surface area contributed by atoms with Crippen molar-refractivity contribution in [2.24, 2.45) is 0 Å². The first-order valence-electron chi connectivity index (χ1n) is 11.7. The molecule has 3 heterocycles. The third kappa shape index (κ3) is 4.17. The van der Waals surface area contributed by atoms with Gasteiger partial charge >= 0.3 is 0 Å². The van der Waals surface area contributed by atoms with Crippen LogP contribution in [0.15, 0.2) is 66.7 Å². The number of H-pyrrole nitrogens is 1. The van der Waals surface area contributed by atoms with Crippen LogP contribution in [0, 0.1) is 10.1 Å². The van der Waals surface area contributed by atoms with Crippen molar-refractivity contribution in [3.8, 4) is 0 Å². The molecule has 0 spiro atoms. The third-order valence-corrected chi connectivity index (χ3v) is 7.44. The van der Waals surface area contributed by atoms with Gasteiger partial charge in [0.2, 0.25) is 0 Å². The Kier molecular flexibility index (Phi) is 5.50. The molecule has 0 bridgehead atoms. The van der Waals surface area contributed by atoms with Crippen LogP contribution in [-0.4, -0.2) is 33.0 Å². The highest BCUT2D eigenvalue weighted by Crippen LogP contribution is 2.35. The molecule has 8 heteroatoms. The smallest absolute Gasteiger partial charge is 0.293 e. The molecule has 1 saturated heterocycles. The monoisotopic (exact) mass is 481 g/mol. The van der Waals surface area contributed by atoms with Crippen molar-refractivity contribution in [2.45, 2.75) is 19.3 Å². The van der Waals surface area contributed by atoms with E-state index in [0.717, 1.165) is 63.3 Å². The van der Waals surface area contributed by atoms with Crippen molar-refractivity contribution in [1.82, 2.24) is 15.0 Å². The van der Waals surface area contributed by atoms with Crippen LogP contribution in [0.25, 0.3) is 32.9 Å². The van der Waals surface area contributed by atoms with Gasteiger partial charge < -0.3 is 9.88 Å². The van der Waals surface area contributed by atoms with Gasteiger partial charge in [0.1, 0.15) is 16.5 Å². The highest BCUT2D eigenvalue weighted by Gasteiger charge is 2.22. The van der Waals surface area contributed by atoms with E-state index in [1.807, 2.05) is 66.7 Å². The molecule has 1 aliphatic rings. The number of nitrogens with zero attached hydrogens (tertiary/aromatic N) is 4. The molecule has 0 saturated carbocycles. The van der Waals surface area contributed by atoms with Gasteiger partial charge in [-0.3, -0.25) is 10.1 Å². The van der Waals surface area contributed by atoms with E-state index in [1.165, 1.54) is 6.42 Å². The molecule has 0 unspecified atom stereocenters. The standard InChI is InChI=1S/C27H23N5O2S/c33-32(34)24-17-18(12-13-23(24)31-14-6-1-7-15-31)16-19(26-28-20-8-2-3-9-21(20)29-26)27-30-22-10-4-5-11-25(22)35-27/h2-5,8-13,16-17H,1,6-7,14-15H2,(H,28,29)/b19-16+. The largest absolute Gasteiger partial charge is 0.366 e. The van der Waals surface area contributed by atoms with Crippen LogP contribution in [-0.2, 0) is 0 Å². The molecule has 0 atom stereocenters. The van der Waals surface area contributed by atoms with Gasteiger partial charge in [-0.2, -0.15) is 0 Å². The molecule has 174 valence electrons. The second-order valence-electron chi connectivity index (χ2n) is 8.70. The summed E-state index contributed by atoms with van der Waals surface area (Å²) in [6, 6.07) is 21.4. The number of aromatic nitrogens is 3. The quantitative estimate of drug-likeness (QED) is 0.224. The number of hydrogen-bond acceptors (Lipinski definition) is 6. The minimum Gasteiger partial charge on any atom is -0.366 e. The maximum Gasteiger partial charge on any atom is 0.293 e. The minimum absolute atomic E-state index is 0.133. The number of piperidine rings is 1. The van der Waals surface area contributed by atoms with Crippen molar-refractivity contribution in [2.75, 3.05) is 18.0 Å². The van der Waals surface area contributed by atoms with Gasteiger partial charge in [0.25, 0.3) is 5.69 Å². The van der Waals surface area contributed by atoms with Crippen LogP contribution in [0.2, 0.25) is 0 Å². The number of nitrogens with one attached hydrogen (secondary N) is 1. The zero-order valence-electron chi connectivity index (χ0n) is 19.0. The summed E-state index contributed by atoms with van der Waals surface area (Å²) in [6.45, 7) is 1.71. The number of nitro benzene ring substituents is 1. The molecule has 0 radical (unpaired) electrons. The lowest BCUT2D eigenvalue weighted by atomic mass is 10.1. The second-order valence-corrected chi connectivity index (χ2v) is 9.73. The lowest BCUT2D eigenvalue weighted by Crippen LogP contribution is -2.29. The maximum absolute atomic E-state index is 12.0. The van der Waals surface area contributed by atoms with E-state index >= 15 is 0 Å². The van der Waals surface area contributed by atoms with Crippen LogP contribution in [0.3, 0.4) is 0 Å². The van der Waals surface area contributed by atoms with E-state index in [4.69, 9.17) is 9.97 Å². The zero-order chi connectivity index (χ0) is 23.8. The van der Waals surface area contributed by atoms with Crippen LogP contribution in [0.1, 0.15) is 35.7 Å². The summed E-state index contributed by atoms with van der Waals surface area (Å²) in [4.78, 5) is 26.9. The van der Waals surface area contributed by atoms with Crippen molar-refractivity contribution in [3.63, 3.8) is 0 Å². The number of fused-ring (bicyclic) bond motifs is 2. The van der Waals surface area contributed by atoms with Crippen LogP contribution < -0.4 is 4.90 Å². The van der Waals surface area contributed by atoms with E-state index in [0.29, 0.717) is 11.5 Å². The third-order valence-electron chi connectivity index (χ3n) is 6.37. The predicted molar refractivity (Wildman–Crippen MR) is 142 cm³/mol. The fourth-order valence-electron chi connectivity index (χ4n) is 4.64. The fraction of sp³-hybridized carbons (Fsp3) is 0.185. The van der Waals surface area contributed by atoms with Gasteiger partial charge in [0.15, 0.2) is 0 Å². The molecule has 1 aliphatic heterocycles. The van der Waals surface area contributed by atoms with Gasteiger partial charge in [0.05, 0.1) is 31.7 Å². The van der Waals surface area contributed by atoms with Crippen molar-refractivity contribution in [1.29, 1.82) is 0 Å². The average molecular weight is 482 g/mol. The summed E-state index contributed by atoms with van der Waals surface area (Å²) in [5.41, 5.74) is 5.09. The van der Waals surface area contributed by atoms with E-state index < -0.39 is 0 Å². The Morgan fingerprint density at radius 2 is 1.74 bits per heavy atom. The first-order chi connectivity index (χ1) is 17.2. The Morgan fingerprint density at radius 1 is 0.971 bits per heavy atom. The Hall–Kier alpha value is -4.04. The molecular weight excluding hydrogens is 458 g/mol. The molecule has 5 aromatic rings. The summed E-state index contributed by atoms with van der Waals surface area (Å²) in [7, 11) is 0. The van der Waals surface area contributed by atoms with Gasteiger partial charge in [0, 0.05) is 19.2 Å². The van der Waals surface area contributed by atoms with Gasteiger partial charge in [-0.1, -0.05) is 30.3 Å². The Balaban J connectivity index is 1.49. The molecule has 1 N–H and O–H groups in total. The maximum atomic E-state index is 12.0. The second kappa shape index (κ2) is 8.96. The molecule has 0 aliphatic carbocycles. The average Bonchev–Trinajstić information content (AvgIpc) is 3.52. The summed E-state index contributed by atoms with van der Waals surface area (Å²) in [5.74, 6) is 0.688. The molecule has 2 aromatic heterocycles. The minimum atomic E-state index is -0.278. The number of hydrogen-bond donors (Lipinski definition) is 1. The number of imidazole rings is 1. The lowest BCUT2D eigenvalue weighted by molar-refractivity contribution is -0.384. The number of benzene rings is 3. The molecular formula is C27H23N5O2S. The zero-order valence-corrected chi connectivity index (χ0v) is 19.8. The van der Waals surface area contributed by atoms with Crippen LogP contribution >= 0.6 is 11.3 Å². The number of rotatable bonds is 5. The SMILES string of the molecule is O=[N+]([O-])c1cc(/C=C(\c2nc3ccccc3[nH]2)c2nc3ccccc3s2)ccc1N1CCCCC1. The normalized spacial score (nSPS) is 14.6. The highest BCUT2D eigenvalue weighted by molar-refractivity contribution is 7.19. The van der Waals surface area contributed by atoms with Crippen molar-refractivity contribution >= 4 is 55.6 Å². The fourth-order valence-corrected chi connectivity index (χ4v) is 5.63. The predicted octanol–water partition coefficient (Wildman–Crippen LogP) is 6.66. The van der Waals surface area contributed by atoms with E-state index in [-0.39, 0.29) is 10.6 Å². The molecule has 35 heavy (non-hydrogen) atoms. The molecule has 7 nitrogen and oxygen atoms in total. The first-order valence-corrected chi connectivity index (χ1v) is 12.5. The summed E-state index contributed by atoms with van der Waals surface area (Å²) >= 11 is 1.58. The summed E-state index contributed by atoms with van der Waals surface area (Å²) in [6.07, 6.45) is 5.25. The lowest BCUT2D eigenvalue weighted by Gasteiger charge is -2.28. The number of thiazole rings is 1. The Morgan fingerprint density at radius 3 is 2.51 bits per heavy atom. The first kappa shape index (κ1) is 21.5. The number of para-hydroxylation sites is 3. The van der Waals surface area contributed by atoms with Crippen molar-refractivity contribution < 1.29 is 4.92 Å². The number of anilines is 1. The Labute approximate surface area is 205 Å².